The fraction of sp³-hybridized carbons (Fsp3) is 0.0833. The Labute approximate surface area is 97.3 Å². The van der Waals surface area contributed by atoms with Gasteiger partial charge >= 0.3 is 0 Å². The van der Waals surface area contributed by atoms with Gasteiger partial charge in [-0.15, -0.1) is 0 Å². The highest BCUT2D eigenvalue weighted by molar-refractivity contribution is 14.1. The fourth-order valence-electron chi connectivity index (χ4n) is 1.38. The Morgan fingerprint density at radius 2 is 1.79 bits per heavy atom. The Kier molecular flexibility index (Phi) is 3.14. The van der Waals surface area contributed by atoms with Crippen LogP contribution in [-0.2, 0) is 6.42 Å². The third kappa shape index (κ3) is 2.54. The molecule has 0 bridgehead atoms. The zero-order chi connectivity index (χ0) is 9.80. The molecule has 1 heterocycles. The van der Waals surface area contributed by atoms with E-state index in [1.165, 1.54) is 14.7 Å². The van der Waals surface area contributed by atoms with E-state index in [1.54, 1.807) is 0 Å². The first-order chi connectivity index (χ1) is 6.84. The Morgan fingerprint density at radius 1 is 1.00 bits per heavy atom. The lowest BCUT2D eigenvalue weighted by Gasteiger charge is -2.01. The summed E-state index contributed by atoms with van der Waals surface area (Å²) in [6.45, 7) is 0. The Balaban J connectivity index is 2.19. The summed E-state index contributed by atoms with van der Waals surface area (Å²) in [5.74, 6) is 0. The summed E-state index contributed by atoms with van der Waals surface area (Å²) in [6.07, 6.45) is 4.76. The first-order valence-corrected chi connectivity index (χ1v) is 5.56. The van der Waals surface area contributed by atoms with Crippen LogP contribution in [0.3, 0.4) is 0 Å². The zero-order valence-electron chi connectivity index (χ0n) is 7.65. The van der Waals surface area contributed by atoms with E-state index in [2.05, 4.69) is 57.9 Å². The van der Waals surface area contributed by atoms with Crippen LogP contribution in [0.4, 0.5) is 0 Å². The van der Waals surface area contributed by atoms with Gasteiger partial charge in [0, 0.05) is 16.0 Å². The standard InChI is InChI=1S/C12H10IN/c13-12-7-11(8-14-9-12)6-10-4-2-1-3-5-10/h1-5,7-9H,6H2. The number of benzene rings is 1. The van der Waals surface area contributed by atoms with Gasteiger partial charge < -0.3 is 0 Å². The van der Waals surface area contributed by atoms with Crippen LogP contribution in [0.1, 0.15) is 11.1 Å². The van der Waals surface area contributed by atoms with Gasteiger partial charge in [0.05, 0.1) is 0 Å². The van der Waals surface area contributed by atoms with Gasteiger partial charge in [-0.3, -0.25) is 4.98 Å². The molecule has 0 saturated heterocycles. The molecule has 1 aromatic heterocycles. The molecule has 0 N–H and O–H groups in total. The number of nitrogens with zero attached hydrogens (tertiary/aromatic N) is 1. The smallest absolute Gasteiger partial charge is 0.0401 e. The summed E-state index contributed by atoms with van der Waals surface area (Å²) in [5, 5.41) is 0. The van der Waals surface area contributed by atoms with Gasteiger partial charge in [-0.1, -0.05) is 30.3 Å². The van der Waals surface area contributed by atoms with Gasteiger partial charge in [-0.25, -0.2) is 0 Å². The normalized spacial score (nSPS) is 10.1. The van der Waals surface area contributed by atoms with Crippen LogP contribution in [0.25, 0.3) is 0 Å². The quantitative estimate of drug-likeness (QED) is 0.775. The monoisotopic (exact) mass is 295 g/mol. The molecule has 0 amide bonds. The Morgan fingerprint density at radius 3 is 2.50 bits per heavy atom. The number of rotatable bonds is 2. The maximum atomic E-state index is 4.17. The van der Waals surface area contributed by atoms with Gasteiger partial charge in [0.15, 0.2) is 0 Å². The Bertz CT molecular complexity index is 412. The second kappa shape index (κ2) is 4.55. The van der Waals surface area contributed by atoms with E-state index in [4.69, 9.17) is 0 Å². The minimum absolute atomic E-state index is 0.963. The topological polar surface area (TPSA) is 12.9 Å². The molecule has 70 valence electrons. The number of halogens is 1. The average Bonchev–Trinajstić information content (AvgIpc) is 2.19. The maximum Gasteiger partial charge on any atom is 0.0401 e. The highest BCUT2D eigenvalue weighted by Gasteiger charge is 1.96. The van der Waals surface area contributed by atoms with Crippen molar-refractivity contribution in [3.05, 3.63) is 63.5 Å². The molecule has 0 spiro atoms. The molecule has 0 atom stereocenters. The molecular formula is C12H10IN. The number of hydrogen-bond donors (Lipinski definition) is 0. The van der Waals surface area contributed by atoms with Crippen molar-refractivity contribution in [2.75, 3.05) is 0 Å². The van der Waals surface area contributed by atoms with Gasteiger partial charge in [0.25, 0.3) is 0 Å². The third-order valence-corrected chi connectivity index (χ3v) is 2.60. The van der Waals surface area contributed by atoms with Crippen LogP contribution in [0.5, 0.6) is 0 Å². The minimum atomic E-state index is 0.963. The zero-order valence-corrected chi connectivity index (χ0v) is 9.81. The fourth-order valence-corrected chi connectivity index (χ4v) is 1.94. The van der Waals surface area contributed by atoms with E-state index in [9.17, 15) is 0 Å². The molecule has 0 aliphatic carbocycles. The lowest BCUT2D eigenvalue weighted by Crippen LogP contribution is -1.89. The number of hydrogen-bond acceptors (Lipinski definition) is 1. The molecule has 0 saturated carbocycles. The first kappa shape index (κ1) is 9.65. The van der Waals surface area contributed by atoms with E-state index in [1.807, 2.05) is 18.5 Å². The van der Waals surface area contributed by atoms with E-state index < -0.39 is 0 Å². The predicted molar refractivity (Wildman–Crippen MR) is 66.2 cm³/mol. The third-order valence-electron chi connectivity index (χ3n) is 2.01. The van der Waals surface area contributed by atoms with Crippen molar-refractivity contribution in [2.45, 2.75) is 6.42 Å². The number of pyridine rings is 1. The van der Waals surface area contributed by atoms with Crippen molar-refractivity contribution in [2.24, 2.45) is 0 Å². The molecule has 0 aliphatic heterocycles. The van der Waals surface area contributed by atoms with Crippen molar-refractivity contribution >= 4 is 22.6 Å². The number of aromatic nitrogens is 1. The second-order valence-electron chi connectivity index (χ2n) is 3.17. The largest absolute Gasteiger partial charge is 0.263 e. The van der Waals surface area contributed by atoms with Gasteiger partial charge in [-0.2, -0.15) is 0 Å². The van der Waals surface area contributed by atoms with Crippen LogP contribution in [-0.4, -0.2) is 4.98 Å². The lowest BCUT2D eigenvalue weighted by atomic mass is 10.1. The van der Waals surface area contributed by atoms with Crippen LogP contribution in [0, 0.1) is 3.57 Å². The summed E-state index contributed by atoms with van der Waals surface area (Å²) < 4.78 is 1.19. The molecule has 0 unspecified atom stereocenters. The van der Waals surface area contributed by atoms with E-state index in [0.29, 0.717) is 0 Å². The van der Waals surface area contributed by atoms with Crippen molar-refractivity contribution in [1.82, 2.24) is 4.98 Å². The molecule has 0 radical (unpaired) electrons. The van der Waals surface area contributed by atoms with Gasteiger partial charge in [0.2, 0.25) is 0 Å². The summed E-state index contributed by atoms with van der Waals surface area (Å²) in [7, 11) is 0. The molecule has 2 heteroatoms. The molecule has 2 aromatic rings. The summed E-state index contributed by atoms with van der Waals surface area (Å²) in [6, 6.07) is 12.6. The highest BCUT2D eigenvalue weighted by Crippen LogP contribution is 2.10. The maximum absolute atomic E-state index is 4.17. The molecular weight excluding hydrogens is 285 g/mol. The van der Waals surface area contributed by atoms with Crippen LogP contribution >= 0.6 is 22.6 Å². The van der Waals surface area contributed by atoms with Crippen molar-refractivity contribution in [1.29, 1.82) is 0 Å². The van der Waals surface area contributed by atoms with Crippen molar-refractivity contribution < 1.29 is 0 Å². The summed E-state index contributed by atoms with van der Waals surface area (Å²) >= 11 is 2.29. The summed E-state index contributed by atoms with van der Waals surface area (Å²) in [4.78, 5) is 4.17. The Hall–Kier alpha value is -0.900. The minimum Gasteiger partial charge on any atom is -0.263 e. The average molecular weight is 295 g/mol. The van der Waals surface area contributed by atoms with Crippen LogP contribution in [0.15, 0.2) is 48.8 Å². The molecule has 1 aromatic carbocycles. The SMILES string of the molecule is Ic1cncc(Cc2ccccc2)c1. The van der Waals surface area contributed by atoms with E-state index in [0.717, 1.165) is 6.42 Å². The van der Waals surface area contributed by atoms with Crippen molar-refractivity contribution in [3.63, 3.8) is 0 Å². The molecule has 1 nitrogen and oxygen atoms in total. The lowest BCUT2D eigenvalue weighted by molar-refractivity contribution is 1.14. The molecule has 0 fully saturated rings. The van der Waals surface area contributed by atoms with E-state index in [-0.39, 0.29) is 0 Å². The highest BCUT2D eigenvalue weighted by atomic mass is 127. The van der Waals surface area contributed by atoms with Gasteiger partial charge in [0.1, 0.15) is 0 Å². The second-order valence-corrected chi connectivity index (χ2v) is 4.42. The summed E-state index contributed by atoms with van der Waals surface area (Å²) in [5.41, 5.74) is 2.60. The van der Waals surface area contributed by atoms with Crippen LogP contribution < -0.4 is 0 Å². The van der Waals surface area contributed by atoms with Crippen LogP contribution in [0.2, 0.25) is 0 Å². The molecule has 2 rings (SSSR count). The predicted octanol–water partition coefficient (Wildman–Crippen LogP) is 3.28. The van der Waals surface area contributed by atoms with Crippen molar-refractivity contribution in [3.8, 4) is 0 Å². The molecule has 14 heavy (non-hydrogen) atoms. The first-order valence-electron chi connectivity index (χ1n) is 4.48. The molecule has 0 aliphatic rings. The van der Waals surface area contributed by atoms with Gasteiger partial charge in [-0.05, 0) is 46.2 Å². The van der Waals surface area contributed by atoms with E-state index >= 15 is 0 Å².